The third-order valence-corrected chi connectivity index (χ3v) is 9.90. The van der Waals surface area contributed by atoms with Crippen LogP contribution in [0, 0.1) is 0 Å². The molecule has 0 aliphatic heterocycles. The van der Waals surface area contributed by atoms with Gasteiger partial charge in [0.05, 0.1) is 0 Å². The summed E-state index contributed by atoms with van der Waals surface area (Å²) in [6.45, 7) is 9.44. The van der Waals surface area contributed by atoms with Crippen molar-refractivity contribution < 1.29 is 0 Å². The van der Waals surface area contributed by atoms with Crippen LogP contribution in [0.25, 0.3) is 0 Å². The van der Waals surface area contributed by atoms with Crippen LogP contribution in [0.15, 0.2) is 0 Å². The minimum absolute atomic E-state index is 0. The Morgan fingerprint density at radius 2 is 0.737 bits per heavy atom. The van der Waals surface area contributed by atoms with Gasteiger partial charge >= 0.3 is 111 Å². The number of unbranched alkanes of at least 4 members (excludes halogenated alkanes) is 4. The first-order valence-corrected chi connectivity index (χ1v) is 11.1. The van der Waals surface area contributed by atoms with E-state index in [-0.39, 0.29) is 34.3 Å². The van der Waals surface area contributed by atoms with E-state index in [0.29, 0.717) is 0 Å². The van der Waals surface area contributed by atoms with Crippen molar-refractivity contribution in [1.82, 2.24) is 0 Å². The molecule has 0 saturated heterocycles. The summed E-state index contributed by atoms with van der Waals surface area (Å²) < 4.78 is 0. The molecule has 0 aliphatic rings. The van der Waals surface area contributed by atoms with Crippen LogP contribution in [0.1, 0.15) is 79.1 Å². The molecule has 0 atom stereocenters. The van der Waals surface area contributed by atoms with Crippen molar-refractivity contribution in [2.45, 2.75) is 79.1 Å². The van der Waals surface area contributed by atoms with E-state index in [9.17, 15) is 0 Å². The molecule has 0 nitrogen and oxygen atoms in total. The monoisotopic (exact) mass is 370 g/mol. The van der Waals surface area contributed by atoms with E-state index in [4.69, 9.17) is 0 Å². The second-order valence-electron chi connectivity index (χ2n) is 5.91. The molecule has 0 fully saturated rings. The summed E-state index contributed by atoms with van der Waals surface area (Å²) in [6.07, 6.45) is 18.1. The van der Waals surface area contributed by atoms with Crippen LogP contribution >= 0.6 is 24.2 Å². The summed E-state index contributed by atoms with van der Waals surface area (Å²) in [5, 5.41) is 0. The van der Waals surface area contributed by atoms with Gasteiger partial charge in [-0.15, -0.1) is 17.0 Å². The third-order valence-electron chi connectivity index (χ3n) is 4.24. The van der Waals surface area contributed by atoms with Gasteiger partial charge in [-0.05, 0) is 0 Å². The Hall–Kier alpha value is 1.44. The maximum absolute atomic E-state index is 2.36. The van der Waals surface area contributed by atoms with Crippen molar-refractivity contribution >= 4 is 41.6 Å². The molecule has 0 spiro atoms. The molecule has 3 heteroatoms. The van der Waals surface area contributed by atoms with Gasteiger partial charge in [-0.3, -0.25) is 0 Å². The molecule has 0 saturated carbocycles. The topological polar surface area (TPSA) is 0 Å². The van der Waals surface area contributed by atoms with Crippen LogP contribution in [-0.2, 0) is 0 Å². The molecule has 120 valence electrons. The Morgan fingerprint density at radius 3 is 0.895 bits per heavy atom. The fraction of sp³-hybridized carbons (Fsp3) is 1.00. The van der Waals surface area contributed by atoms with Gasteiger partial charge in [-0.2, -0.15) is 0 Å². The SMILES string of the molecule is Br.CCCC[PH](CCCC)(CCCC)CCCC.[AlH3]. The molecule has 0 aliphatic carbocycles. The molecular formula is C16H41AlBrP. The predicted octanol–water partition coefficient (Wildman–Crippen LogP) is 5.33. The van der Waals surface area contributed by atoms with Crippen LogP contribution in [0.3, 0.4) is 0 Å². The normalized spacial score (nSPS) is 11.6. The average Bonchev–Trinajstić information content (AvgIpc) is 2.37. The summed E-state index contributed by atoms with van der Waals surface area (Å²) in [5.41, 5.74) is 0. The van der Waals surface area contributed by atoms with Crippen LogP contribution in [-0.4, -0.2) is 42.0 Å². The van der Waals surface area contributed by atoms with Crippen LogP contribution < -0.4 is 0 Å². The Kier molecular flexibility index (Phi) is 23.4. The Morgan fingerprint density at radius 1 is 0.526 bits per heavy atom. The first kappa shape index (κ1) is 25.4. The first-order chi connectivity index (χ1) is 8.24. The first-order valence-electron chi connectivity index (χ1n) is 8.24. The van der Waals surface area contributed by atoms with Gasteiger partial charge in [0.2, 0.25) is 0 Å². The summed E-state index contributed by atoms with van der Waals surface area (Å²) in [7, 11) is -0.879. The van der Waals surface area contributed by atoms with Crippen molar-refractivity contribution in [3.63, 3.8) is 0 Å². The van der Waals surface area contributed by atoms with E-state index in [1.54, 1.807) is 24.6 Å². The molecule has 0 rings (SSSR count). The van der Waals surface area contributed by atoms with Crippen molar-refractivity contribution in [3.05, 3.63) is 0 Å². The minimum Gasteiger partial charge on any atom is 0.187 e. The zero-order valence-corrected chi connectivity index (χ0v) is 16.1. The second kappa shape index (κ2) is 17.5. The molecule has 0 unspecified atom stereocenters. The molecule has 0 N–H and O–H groups in total. The van der Waals surface area contributed by atoms with Crippen molar-refractivity contribution in [2.24, 2.45) is 0 Å². The molecule has 19 heavy (non-hydrogen) atoms. The molecule has 0 aromatic heterocycles. The molecular weight excluding hydrogens is 330 g/mol. The maximum Gasteiger partial charge on any atom is 0.187 e. The predicted molar refractivity (Wildman–Crippen MR) is 108 cm³/mol. The maximum atomic E-state index is 2.36. The zero-order valence-electron chi connectivity index (χ0n) is 13.4. The van der Waals surface area contributed by atoms with Crippen molar-refractivity contribution in [1.29, 1.82) is 0 Å². The van der Waals surface area contributed by atoms with E-state index < -0.39 is 7.26 Å². The number of halogens is 1. The number of hydrogen-bond acceptors (Lipinski definition) is 0. The van der Waals surface area contributed by atoms with E-state index in [2.05, 4.69) is 27.7 Å². The summed E-state index contributed by atoms with van der Waals surface area (Å²) in [5.74, 6) is 0. The van der Waals surface area contributed by atoms with Crippen LogP contribution in [0.5, 0.6) is 0 Å². The number of rotatable bonds is 12. The second-order valence-corrected chi connectivity index (χ2v) is 10.9. The fourth-order valence-corrected chi connectivity index (χ4v) is 8.87. The number of hydrogen-bond donors (Lipinski definition) is 0. The largest absolute Gasteiger partial charge is 0.187 e. The van der Waals surface area contributed by atoms with Crippen molar-refractivity contribution in [3.8, 4) is 0 Å². The summed E-state index contributed by atoms with van der Waals surface area (Å²) >= 11 is 0. The van der Waals surface area contributed by atoms with Gasteiger partial charge in [0.1, 0.15) is 0 Å². The fourth-order valence-electron chi connectivity index (χ4n) is 2.96. The molecule has 0 aromatic carbocycles. The smallest absolute Gasteiger partial charge is 0.187 e. The zero-order chi connectivity index (χ0) is 13.0. The minimum atomic E-state index is -0.879. The molecule has 0 bridgehead atoms. The van der Waals surface area contributed by atoms with Gasteiger partial charge in [-0.25, -0.2) is 0 Å². The summed E-state index contributed by atoms with van der Waals surface area (Å²) in [6, 6.07) is 0. The van der Waals surface area contributed by atoms with E-state index in [1.165, 1.54) is 51.4 Å². The van der Waals surface area contributed by atoms with Gasteiger partial charge in [0.25, 0.3) is 0 Å². The average molecular weight is 371 g/mol. The molecule has 0 heterocycles. The Bertz CT molecular complexity index is 127. The Labute approximate surface area is 145 Å². The molecule has 0 amide bonds. The van der Waals surface area contributed by atoms with Gasteiger partial charge in [0.15, 0.2) is 17.4 Å². The summed E-state index contributed by atoms with van der Waals surface area (Å²) in [4.78, 5) is 0. The van der Waals surface area contributed by atoms with Gasteiger partial charge in [0, 0.05) is 0 Å². The Balaban J connectivity index is -0.00000128. The third kappa shape index (κ3) is 12.9. The van der Waals surface area contributed by atoms with E-state index in [1.807, 2.05) is 0 Å². The molecule has 0 radical (unpaired) electrons. The van der Waals surface area contributed by atoms with Crippen molar-refractivity contribution in [2.75, 3.05) is 24.6 Å². The van der Waals surface area contributed by atoms with Gasteiger partial charge < -0.3 is 0 Å². The standard InChI is InChI=1S/C16H37P.Al.BrH.3H/c1-5-9-13-17(14-10-6-2,15-11-7-3)16-12-8-4;;;;;/h17H,5-16H2,1-4H3;;1H;;;. The van der Waals surface area contributed by atoms with E-state index >= 15 is 0 Å². The van der Waals surface area contributed by atoms with Gasteiger partial charge in [-0.1, -0.05) is 0 Å². The van der Waals surface area contributed by atoms with E-state index in [0.717, 1.165) is 0 Å². The quantitative estimate of drug-likeness (QED) is 0.321. The van der Waals surface area contributed by atoms with Crippen LogP contribution in [0.4, 0.5) is 0 Å². The molecule has 0 aromatic rings. The van der Waals surface area contributed by atoms with Crippen LogP contribution in [0.2, 0.25) is 0 Å².